The van der Waals surface area contributed by atoms with Crippen LogP contribution in [-0.4, -0.2) is 7.05 Å². The van der Waals surface area contributed by atoms with E-state index in [4.69, 9.17) is 4.42 Å². The zero-order valence-electron chi connectivity index (χ0n) is 13.7. The number of rotatable bonds is 12. The van der Waals surface area contributed by atoms with E-state index in [0.717, 1.165) is 11.5 Å². The van der Waals surface area contributed by atoms with E-state index in [1.807, 2.05) is 14.0 Å². The molecule has 0 saturated carbocycles. The third kappa shape index (κ3) is 7.14. The monoisotopic (exact) mass is 279 g/mol. The van der Waals surface area contributed by atoms with Gasteiger partial charge in [0.15, 0.2) is 0 Å². The molecule has 2 heteroatoms. The van der Waals surface area contributed by atoms with Crippen molar-refractivity contribution in [3.8, 4) is 0 Å². The molecule has 1 aromatic rings. The lowest BCUT2D eigenvalue weighted by Gasteiger charge is -2.13. The summed E-state index contributed by atoms with van der Waals surface area (Å²) in [7, 11) is 2.02. The van der Waals surface area contributed by atoms with Crippen molar-refractivity contribution in [1.29, 1.82) is 0 Å². The van der Waals surface area contributed by atoms with Crippen LogP contribution in [0.15, 0.2) is 16.5 Å². The number of hydrogen-bond acceptors (Lipinski definition) is 2. The molecule has 0 aliphatic carbocycles. The molecule has 1 N–H and O–H groups in total. The summed E-state index contributed by atoms with van der Waals surface area (Å²) < 4.78 is 5.71. The van der Waals surface area contributed by atoms with Gasteiger partial charge in [-0.2, -0.15) is 0 Å². The molecule has 0 amide bonds. The fraction of sp³-hybridized carbons (Fsp3) is 0.778. The van der Waals surface area contributed by atoms with Gasteiger partial charge in [0.25, 0.3) is 0 Å². The van der Waals surface area contributed by atoms with Crippen LogP contribution in [0.4, 0.5) is 0 Å². The molecule has 0 saturated heterocycles. The highest BCUT2D eigenvalue weighted by Gasteiger charge is 2.12. The van der Waals surface area contributed by atoms with E-state index in [0.29, 0.717) is 6.04 Å². The highest BCUT2D eigenvalue weighted by molar-refractivity contribution is 5.09. The Hall–Kier alpha value is -0.760. The van der Waals surface area contributed by atoms with E-state index < -0.39 is 0 Å². The van der Waals surface area contributed by atoms with Crippen molar-refractivity contribution in [2.75, 3.05) is 7.05 Å². The first-order valence-corrected chi connectivity index (χ1v) is 8.51. The molecule has 0 aromatic carbocycles. The zero-order chi connectivity index (χ0) is 14.6. The predicted octanol–water partition coefficient (Wildman–Crippen LogP) is 5.77. The topological polar surface area (TPSA) is 25.2 Å². The molecule has 1 atom stereocenters. The maximum Gasteiger partial charge on any atom is 0.121 e. The molecule has 1 heterocycles. The molecule has 0 aliphatic heterocycles. The lowest BCUT2D eigenvalue weighted by molar-refractivity contribution is 0.390. The quantitative estimate of drug-likeness (QED) is 0.491. The molecular formula is C18H33NO. The average Bonchev–Trinajstić information content (AvgIpc) is 2.87. The molecule has 0 aliphatic rings. The van der Waals surface area contributed by atoms with Gasteiger partial charge >= 0.3 is 0 Å². The molecule has 1 unspecified atom stereocenters. The summed E-state index contributed by atoms with van der Waals surface area (Å²) in [5.41, 5.74) is 0. The van der Waals surface area contributed by atoms with Gasteiger partial charge in [-0.15, -0.1) is 0 Å². The molecular weight excluding hydrogens is 246 g/mol. The average molecular weight is 279 g/mol. The van der Waals surface area contributed by atoms with Crippen molar-refractivity contribution in [2.45, 2.75) is 84.1 Å². The Bertz CT molecular complexity index is 332. The van der Waals surface area contributed by atoms with Gasteiger partial charge in [0.1, 0.15) is 11.5 Å². The minimum atomic E-state index is 0.383. The van der Waals surface area contributed by atoms with Crippen LogP contribution in [0.25, 0.3) is 0 Å². The van der Waals surface area contributed by atoms with Crippen LogP contribution in [0.5, 0.6) is 0 Å². The number of aryl methyl sites for hydroxylation is 1. The second kappa shape index (κ2) is 11.0. The predicted molar refractivity (Wildman–Crippen MR) is 87.1 cm³/mol. The van der Waals surface area contributed by atoms with Crippen LogP contribution in [-0.2, 0) is 0 Å². The smallest absolute Gasteiger partial charge is 0.121 e. The second-order valence-electron chi connectivity index (χ2n) is 5.91. The van der Waals surface area contributed by atoms with Gasteiger partial charge in [0, 0.05) is 0 Å². The normalized spacial score (nSPS) is 12.8. The third-order valence-electron chi connectivity index (χ3n) is 4.05. The third-order valence-corrected chi connectivity index (χ3v) is 4.05. The molecule has 1 rings (SSSR count). The fourth-order valence-corrected chi connectivity index (χ4v) is 2.73. The standard InChI is InChI=1S/C18H33NO/c1-4-5-6-7-8-9-10-11-12-13-17(19-3)18-15-14-16(2)20-18/h14-15,17,19H,4-13H2,1-3H3. The van der Waals surface area contributed by atoms with Crippen molar-refractivity contribution in [2.24, 2.45) is 0 Å². The zero-order valence-corrected chi connectivity index (χ0v) is 13.7. The van der Waals surface area contributed by atoms with E-state index in [2.05, 4.69) is 24.4 Å². The van der Waals surface area contributed by atoms with Gasteiger partial charge in [-0.1, -0.05) is 64.7 Å². The molecule has 2 nitrogen and oxygen atoms in total. The summed E-state index contributed by atoms with van der Waals surface area (Å²) in [6.45, 7) is 4.29. The molecule has 20 heavy (non-hydrogen) atoms. The van der Waals surface area contributed by atoms with Crippen molar-refractivity contribution in [3.63, 3.8) is 0 Å². The van der Waals surface area contributed by atoms with E-state index in [1.165, 1.54) is 64.2 Å². The Labute approximate surface area is 125 Å². The van der Waals surface area contributed by atoms with Gasteiger partial charge in [0.05, 0.1) is 6.04 Å². The first-order chi connectivity index (χ1) is 9.77. The summed E-state index contributed by atoms with van der Waals surface area (Å²) >= 11 is 0. The van der Waals surface area contributed by atoms with Crippen molar-refractivity contribution >= 4 is 0 Å². The van der Waals surface area contributed by atoms with Crippen molar-refractivity contribution in [3.05, 3.63) is 23.7 Å². The fourth-order valence-electron chi connectivity index (χ4n) is 2.73. The lowest BCUT2D eigenvalue weighted by Crippen LogP contribution is -2.15. The summed E-state index contributed by atoms with van der Waals surface area (Å²) in [6.07, 6.45) is 13.7. The maximum atomic E-state index is 5.71. The Kier molecular flexibility index (Phi) is 9.48. The summed E-state index contributed by atoms with van der Waals surface area (Å²) in [5.74, 6) is 2.09. The minimum absolute atomic E-state index is 0.383. The molecule has 0 bridgehead atoms. The maximum absolute atomic E-state index is 5.71. The largest absolute Gasteiger partial charge is 0.465 e. The SMILES string of the molecule is CCCCCCCCCCCC(NC)c1ccc(C)o1. The van der Waals surface area contributed by atoms with Crippen molar-refractivity contribution < 1.29 is 4.42 Å². The molecule has 116 valence electrons. The van der Waals surface area contributed by atoms with Gasteiger partial charge in [-0.05, 0) is 32.5 Å². The van der Waals surface area contributed by atoms with Crippen LogP contribution in [0.3, 0.4) is 0 Å². The van der Waals surface area contributed by atoms with Gasteiger partial charge < -0.3 is 9.73 Å². The van der Waals surface area contributed by atoms with E-state index in [9.17, 15) is 0 Å². The van der Waals surface area contributed by atoms with Gasteiger partial charge in [-0.25, -0.2) is 0 Å². The minimum Gasteiger partial charge on any atom is -0.465 e. The van der Waals surface area contributed by atoms with E-state index in [1.54, 1.807) is 0 Å². The van der Waals surface area contributed by atoms with Crippen LogP contribution in [0.2, 0.25) is 0 Å². The Balaban J connectivity index is 2.02. The molecule has 1 aromatic heterocycles. The van der Waals surface area contributed by atoms with E-state index >= 15 is 0 Å². The summed E-state index contributed by atoms with van der Waals surface area (Å²) in [5, 5.41) is 3.36. The Morgan fingerprint density at radius 1 is 0.950 bits per heavy atom. The molecule has 0 spiro atoms. The van der Waals surface area contributed by atoms with Gasteiger partial charge in [-0.3, -0.25) is 0 Å². The van der Waals surface area contributed by atoms with Gasteiger partial charge in [0.2, 0.25) is 0 Å². The van der Waals surface area contributed by atoms with Crippen LogP contribution in [0, 0.1) is 6.92 Å². The molecule has 0 fully saturated rings. The number of hydrogen-bond donors (Lipinski definition) is 1. The van der Waals surface area contributed by atoms with Crippen molar-refractivity contribution in [1.82, 2.24) is 5.32 Å². The number of unbranched alkanes of at least 4 members (excludes halogenated alkanes) is 8. The van der Waals surface area contributed by atoms with E-state index in [-0.39, 0.29) is 0 Å². The number of furan rings is 1. The van der Waals surface area contributed by atoms with Crippen LogP contribution < -0.4 is 5.32 Å². The van der Waals surface area contributed by atoms with Crippen LogP contribution in [0.1, 0.15) is 88.7 Å². The summed E-state index contributed by atoms with van der Waals surface area (Å²) in [6, 6.07) is 4.54. The first kappa shape index (κ1) is 17.3. The Morgan fingerprint density at radius 3 is 2.05 bits per heavy atom. The highest BCUT2D eigenvalue weighted by Crippen LogP contribution is 2.22. The Morgan fingerprint density at radius 2 is 1.55 bits per heavy atom. The number of nitrogens with one attached hydrogen (secondary N) is 1. The molecule has 0 radical (unpaired) electrons. The second-order valence-corrected chi connectivity index (χ2v) is 5.91. The lowest BCUT2D eigenvalue weighted by atomic mass is 10.0. The van der Waals surface area contributed by atoms with Crippen LogP contribution >= 0.6 is 0 Å². The summed E-state index contributed by atoms with van der Waals surface area (Å²) in [4.78, 5) is 0. The highest BCUT2D eigenvalue weighted by atomic mass is 16.3. The first-order valence-electron chi connectivity index (χ1n) is 8.51.